The summed E-state index contributed by atoms with van der Waals surface area (Å²) in [6.45, 7) is 1.53. The van der Waals surface area contributed by atoms with Crippen LogP contribution in [0.3, 0.4) is 0 Å². The number of benzene rings is 1. The summed E-state index contributed by atoms with van der Waals surface area (Å²) < 4.78 is 23.8. The SMILES string of the molecule is CCS(=O)(=O)c1cc(C(=O)O)cc2[nH]ccc12. The first kappa shape index (κ1) is 11.7. The monoisotopic (exact) mass is 253 g/mol. The summed E-state index contributed by atoms with van der Waals surface area (Å²) in [4.78, 5) is 13.8. The number of H-pyrrole nitrogens is 1. The van der Waals surface area contributed by atoms with Crippen LogP contribution in [0.25, 0.3) is 10.9 Å². The smallest absolute Gasteiger partial charge is 0.335 e. The largest absolute Gasteiger partial charge is 0.478 e. The van der Waals surface area contributed by atoms with Gasteiger partial charge in [-0.25, -0.2) is 13.2 Å². The van der Waals surface area contributed by atoms with Gasteiger partial charge in [-0.2, -0.15) is 0 Å². The van der Waals surface area contributed by atoms with Gasteiger partial charge < -0.3 is 10.1 Å². The topological polar surface area (TPSA) is 87.2 Å². The second-order valence-corrected chi connectivity index (χ2v) is 5.87. The molecule has 0 amide bonds. The zero-order chi connectivity index (χ0) is 12.6. The fraction of sp³-hybridized carbons (Fsp3) is 0.182. The molecule has 90 valence electrons. The lowest BCUT2D eigenvalue weighted by Crippen LogP contribution is -2.06. The van der Waals surface area contributed by atoms with E-state index in [9.17, 15) is 13.2 Å². The van der Waals surface area contributed by atoms with Crippen LogP contribution in [0.4, 0.5) is 0 Å². The molecule has 1 heterocycles. The Bertz CT molecular complexity index is 685. The normalized spacial score (nSPS) is 11.8. The number of hydrogen-bond donors (Lipinski definition) is 2. The molecule has 2 rings (SSSR count). The third kappa shape index (κ3) is 1.91. The summed E-state index contributed by atoms with van der Waals surface area (Å²) in [5.74, 6) is -1.20. The third-order valence-electron chi connectivity index (χ3n) is 2.59. The van der Waals surface area contributed by atoms with Crippen molar-refractivity contribution >= 4 is 26.7 Å². The van der Waals surface area contributed by atoms with Crippen molar-refractivity contribution in [3.8, 4) is 0 Å². The fourth-order valence-electron chi connectivity index (χ4n) is 1.67. The third-order valence-corrected chi connectivity index (χ3v) is 4.36. The van der Waals surface area contributed by atoms with Crippen molar-refractivity contribution in [1.29, 1.82) is 0 Å². The van der Waals surface area contributed by atoms with Crippen molar-refractivity contribution in [1.82, 2.24) is 4.98 Å². The zero-order valence-electron chi connectivity index (χ0n) is 9.10. The number of aromatic carboxylic acids is 1. The second kappa shape index (κ2) is 3.89. The Morgan fingerprint density at radius 3 is 2.71 bits per heavy atom. The van der Waals surface area contributed by atoms with Gasteiger partial charge in [0.05, 0.1) is 16.2 Å². The van der Waals surface area contributed by atoms with Crippen LogP contribution in [0.15, 0.2) is 29.3 Å². The minimum absolute atomic E-state index is 0.0352. The first-order valence-corrected chi connectivity index (χ1v) is 6.68. The Hall–Kier alpha value is -1.82. The van der Waals surface area contributed by atoms with Gasteiger partial charge in [0.15, 0.2) is 9.84 Å². The predicted molar refractivity (Wildman–Crippen MR) is 63.0 cm³/mol. The van der Waals surface area contributed by atoms with Crippen LogP contribution in [-0.4, -0.2) is 30.2 Å². The van der Waals surface area contributed by atoms with E-state index in [-0.39, 0.29) is 16.2 Å². The molecule has 0 aliphatic heterocycles. The highest BCUT2D eigenvalue weighted by Gasteiger charge is 2.19. The van der Waals surface area contributed by atoms with E-state index < -0.39 is 15.8 Å². The number of aromatic nitrogens is 1. The zero-order valence-corrected chi connectivity index (χ0v) is 9.91. The van der Waals surface area contributed by atoms with Crippen molar-refractivity contribution in [3.63, 3.8) is 0 Å². The van der Waals surface area contributed by atoms with Gasteiger partial charge in [-0.05, 0) is 18.2 Å². The molecule has 0 aliphatic rings. The predicted octanol–water partition coefficient (Wildman–Crippen LogP) is 1.66. The highest BCUT2D eigenvalue weighted by molar-refractivity contribution is 7.91. The summed E-state index contributed by atoms with van der Waals surface area (Å²) in [5, 5.41) is 9.46. The number of aromatic amines is 1. The van der Waals surface area contributed by atoms with E-state index in [1.54, 1.807) is 12.3 Å². The molecule has 0 unspecified atom stereocenters. The molecule has 17 heavy (non-hydrogen) atoms. The van der Waals surface area contributed by atoms with E-state index >= 15 is 0 Å². The molecule has 0 radical (unpaired) electrons. The molecule has 1 aromatic carbocycles. The van der Waals surface area contributed by atoms with Gasteiger partial charge in [0, 0.05) is 17.1 Å². The molecule has 0 bridgehead atoms. The molecular formula is C11H11NO4S. The summed E-state index contributed by atoms with van der Waals surface area (Å²) in [6.07, 6.45) is 1.59. The molecule has 0 saturated carbocycles. The molecule has 6 heteroatoms. The van der Waals surface area contributed by atoms with Gasteiger partial charge >= 0.3 is 5.97 Å². The minimum Gasteiger partial charge on any atom is -0.478 e. The second-order valence-electron chi connectivity index (χ2n) is 3.62. The van der Waals surface area contributed by atoms with Gasteiger partial charge in [0.1, 0.15) is 0 Å². The Balaban J connectivity index is 2.85. The molecular weight excluding hydrogens is 242 g/mol. The number of rotatable bonds is 3. The molecule has 0 atom stereocenters. The molecule has 2 aromatic rings. The molecule has 1 aromatic heterocycles. The number of nitrogens with one attached hydrogen (secondary N) is 1. The Kier molecular flexibility index (Phi) is 2.66. The number of hydrogen-bond acceptors (Lipinski definition) is 3. The lowest BCUT2D eigenvalue weighted by Gasteiger charge is -2.05. The molecule has 0 fully saturated rings. The quantitative estimate of drug-likeness (QED) is 0.870. The van der Waals surface area contributed by atoms with E-state index in [0.29, 0.717) is 10.9 Å². The Morgan fingerprint density at radius 2 is 2.12 bits per heavy atom. The number of carboxylic acids is 1. The summed E-state index contributed by atoms with van der Waals surface area (Å²) in [5.41, 5.74) is 0.476. The first-order chi connectivity index (χ1) is 7.95. The van der Waals surface area contributed by atoms with Crippen LogP contribution < -0.4 is 0 Å². The fourth-order valence-corrected chi connectivity index (χ4v) is 2.80. The van der Waals surface area contributed by atoms with Crippen LogP contribution >= 0.6 is 0 Å². The summed E-state index contributed by atoms with van der Waals surface area (Å²) in [7, 11) is -3.43. The number of carbonyl (C=O) groups is 1. The van der Waals surface area contributed by atoms with Crippen LogP contribution in [0.5, 0.6) is 0 Å². The van der Waals surface area contributed by atoms with Gasteiger partial charge in [-0.3, -0.25) is 0 Å². The standard InChI is InChI=1S/C11H11NO4S/c1-2-17(15,16)10-6-7(11(13)14)5-9-8(10)3-4-12-9/h3-6,12H,2H2,1H3,(H,13,14). The highest BCUT2D eigenvalue weighted by atomic mass is 32.2. The van der Waals surface area contributed by atoms with Gasteiger partial charge in [-0.15, -0.1) is 0 Å². The van der Waals surface area contributed by atoms with E-state index in [2.05, 4.69) is 4.98 Å². The van der Waals surface area contributed by atoms with Crippen molar-refractivity contribution in [2.45, 2.75) is 11.8 Å². The number of carboxylic acid groups (broad SMARTS) is 1. The van der Waals surface area contributed by atoms with Crippen molar-refractivity contribution in [2.75, 3.05) is 5.75 Å². The molecule has 0 saturated heterocycles. The Morgan fingerprint density at radius 1 is 1.41 bits per heavy atom. The average molecular weight is 253 g/mol. The molecule has 0 spiro atoms. The average Bonchev–Trinajstić information content (AvgIpc) is 2.75. The lowest BCUT2D eigenvalue weighted by molar-refractivity contribution is 0.0697. The van der Waals surface area contributed by atoms with Crippen molar-refractivity contribution in [2.24, 2.45) is 0 Å². The van der Waals surface area contributed by atoms with E-state index in [4.69, 9.17) is 5.11 Å². The number of sulfone groups is 1. The van der Waals surface area contributed by atoms with Crippen LogP contribution in [-0.2, 0) is 9.84 Å². The van der Waals surface area contributed by atoms with E-state index in [1.807, 2.05) is 0 Å². The van der Waals surface area contributed by atoms with Crippen molar-refractivity contribution in [3.05, 3.63) is 30.0 Å². The van der Waals surface area contributed by atoms with Crippen LogP contribution in [0.1, 0.15) is 17.3 Å². The molecule has 2 N–H and O–H groups in total. The van der Waals surface area contributed by atoms with Gasteiger partial charge in [-0.1, -0.05) is 6.92 Å². The maximum Gasteiger partial charge on any atom is 0.335 e. The Labute approximate surface area is 98.0 Å². The number of fused-ring (bicyclic) bond motifs is 1. The lowest BCUT2D eigenvalue weighted by atomic mass is 10.1. The molecule has 0 aliphatic carbocycles. The molecule has 5 nitrogen and oxygen atoms in total. The van der Waals surface area contributed by atoms with Gasteiger partial charge in [0.25, 0.3) is 0 Å². The van der Waals surface area contributed by atoms with Crippen molar-refractivity contribution < 1.29 is 18.3 Å². The summed E-state index contributed by atoms with van der Waals surface area (Å²) in [6, 6.07) is 4.26. The minimum atomic E-state index is -3.43. The van der Waals surface area contributed by atoms with E-state index in [1.165, 1.54) is 19.1 Å². The maximum atomic E-state index is 11.9. The maximum absolute atomic E-state index is 11.9. The van der Waals surface area contributed by atoms with Crippen LogP contribution in [0, 0.1) is 0 Å². The summed E-state index contributed by atoms with van der Waals surface area (Å²) >= 11 is 0. The highest BCUT2D eigenvalue weighted by Crippen LogP contribution is 2.25. The van der Waals surface area contributed by atoms with Crippen LogP contribution in [0.2, 0.25) is 0 Å². The van der Waals surface area contributed by atoms with E-state index in [0.717, 1.165) is 0 Å². The first-order valence-electron chi connectivity index (χ1n) is 5.03. The van der Waals surface area contributed by atoms with Gasteiger partial charge in [0.2, 0.25) is 0 Å².